The number of nitrogens with one attached hydrogen (secondary N) is 2. The summed E-state index contributed by atoms with van der Waals surface area (Å²) < 4.78 is 28.4. The van der Waals surface area contributed by atoms with Crippen LogP contribution in [-0.4, -0.2) is 25.6 Å². The smallest absolute Gasteiger partial charge is 0.243 e. The van der Waals surface area contributed by atoms with Crippen molar-refractivity contribution in [2.45, 2.75) is 55.9 Å². The van der Waals surface area contributed by atoms with Crippen molar-refractivity contribution in [1.29, 1.82) is 0 Å². The number of fused-ring (bicyclic) bond motifs is 2. The number of benzene rings is 1. The van der Waals surface area contributed by atoms with Crippen molar-refractivity contribution in [3.05, 3.63) is 42.5 Å². The van der Waals surface area contributed by atoms with Gasteiger partial charge in [-0.1, -0.05) is 30.4 Å². The lowest BCUT2D eigenvalue weighted by atomic mass is 9.83. The Hall–Kier alpha value is -1.70. The van der Waals surface area contributed by atoms with Crippen molar-refractivity contribution in [3.8, 4) is 0 Å². The van der Waals surface area contributed by atoms with Crippen LogP contribution in [0.15, 0.2) is 47.4 Å². The number of carbonyl (C=O) groups is 1. The van der Waals surface area contributed by atoms with E-state index >= 15 is 0 Å². The fourth-order valence-electron chi connectivity index (χ4n) is 4.59. The van der Waals surface area contributed by atoms with Gasteiger partial charge < -0.3 is 0 Å². The van der Waals surface area contributed by atoms with Crippen LogP contribution in [0.1, 0.15) is 44.9 Å². The molecular formula is C20H28N2O4S. The van der Waals surface area contributed by atoms with Crippen LogP contribution in [0.25, 0.3) is 0 Å². The van der Waals surface area contributed by atoms with Crippen LogP contribution < -0.4 is 10.2 Å². The van der Waals surface area contributed by atoms with Gasteiger partial charge in [0.05, 0.1) is 4.90 Å². The molecule has 148 valence electrons. The van der Waals surface area contributed by atoms with Crippen molar-refractivity contribution in [2.75, 3.05) is 0 Å². The Balaban J connectivity index is 1.57. The van der Waals surface area contributed by atoms with Gasteiger partial charge in [0.25, 0.3) is 0 Å². The van der Waals surface area contributed by atoms with Crippen LogP contribution in [0.5, 0.6) is 0 Å². The summed E-state index contributed by atoms with van der Waals surface area (Å²) in [4.78, 5) is 11.3. The van der Waals surface area contributed by atoms with Crippen LogP contribution in [0.2, 0.25) is 0 Å². The molecule has 2 aliphatic rings. The number of hydrogen-bond acceptors (Lipinski definition) is 4. The van der Waals surface area contributed by atoms with E-state index in [1.165, 1.54) is 6.42 Å². The Labute approximate surface area is 161 Å². The summed E-state index contributed by atoms with van der Waals surface area (Å²) in [6, 6.07) is 8.56. The van der Waals surface area contributed by atoms with E-state index in [1.807, 2.05) is 6.07 Å². The Morgan fingerprint density at radius 3 is 2.63 bits per heavy atom. The molecule has 2 aliphatic carbocycles. The lowest BCUT2D eigenvalue weighted by molar-refractivity contribution is -0.129. The Morgan fingerprint density at radius 1 is 1.15 bits per heavy atom. The summed E-state index contributed by atoms with van der Waals surface area (Å²) in [5, 5.41) is 8.47. The predicted molar refractivity (Wildman–Crippen MR) is 102 cm³/mol. The Morgan fingerprint density at radius 2 is 1.89 bits per heavy atom. The van der Waals surface area contributed by atoms with Crippen LogP contribution in [0.4, 0.5) is 0 Å². The van der Waals surface area contributed by atoms with E-state index in [9.17, 15) is 13.2 Å². The maximum absolute atomic E-state index is 12.7. The fourth-order valence-corrected chi connectivity index (χ4v) is 5.96. The quantitative estimate of drug-likeness (QED) is 0.261. The minimum Gasteiger partial charge on any atom is -0.289 e. The van der Waals surface area contributed by atoms with E-state index in [2.05, 4.69) is 16.9 Å². The molecule has 3 N–H and O–H groups in total. The first-order valence-corrected chi connectivity index (χ1v) is 11.1. The minimum atomic E-state index is -3.49. The zero-order chi connectivity index (χ0) is 19.3. The summed E-state index contributed by atoms with van der Waals surface area (Å²) in [7, 11) is -3.49. The molecule has 0 radical (unpaired) electrons. The van der Waals surface area contributed by atoms with E-state index in [-0.39, 0.29) is 11.9 Å². The summed E-state index contributed by atoms with van der Waals surface area (Å²) in [6.45, 7) is 0. The molecule has 0 saturated heterocycles. The normalized spacial score (nSPS) is 27.3. The van der Waals surface area contributed by atoms with Gasteiger partial charge in [-0.3, -0.25) is 10.0 Å². The molecule has 1 aromatic rings. The molecule has 0 spiro atoms. The van der Waals surface area contributed by atoms with Crippen LogP contribution in [0, 0.1) is 17.8 Å². The van der Waals surface area contributed by atoms with Gasteiger partial charge in [-0.15, -0.1) is 0 Å². The van der Waals surface area contributed by atoms with Gasteiger partial charge in [0.1, 0.15) is 0 Å². The molecule has 27 heavy (non-hydrogen) atoms. The first-order chi connectivity index (χ1) is 13.0. The summed E-state index contributed by atoms with van der Waals surface area (Å²) >= 11 is 0. The zero-order valence-electron chi connectivity index (χ0n) is 15.4. The molecule has 0 heterocycles. The van der Waals surface area contributed by atoms with E-state index in [1.54, 1.807) is 29.7 Å². The van der Waals surface area contributed by atoms with E-state index in [4.69, 9.17) is 5.21 Å². The van der Waals surface area contributed by atoms with Gasteiger partial charge >= 0.3 is 0 Å². The lowest BCUT2D eigenvalue weighted by Crippen LogP contribution is -2.43. The second-order valence-corrected chi connectivity index (χ2v) is 9.31. The number of carbonyl (C=O) groups excluding carboxylic acids is 1. The maximum Gasteiger partial charge on any atom is 0.243 e. The molecule has 7 heteroatoms. The van der Waals surface area contributed by atoms with Crippen molar-refractivity contribution >= 4 is 15.9 Å². The third-order valence-electron chi connectivity index (χ3n) is 5.91. The highest BCUT2D eigenvalue weighted by atomic mass is 32.2. The molecule has 6 nitrogen and oxygen atoms in total. The number of hydrogen-bond donors (Lipinski definition) is 3. The van der Waals surface area contributed by atoms with Crippen LogP contribution in [0.3, 0.4) is 0 Å². The molecule has 2 bridgehead atoms. The zero-order valence-corrected chi connectivity index (χ0v) is 16.2. The van der Waals surface area contributed by atoms with Gasteiger partial charge in [-0.05, 0) is 68.4 Å². The highest BCUT2D eigenvalue weighted by molar-refractivity contribution is 7.89. The van der Waals surface area contributed by atoms with Gasteiger partial charge in [-0.25, -0.2) is 18.6 Å². The van der Waals surface area contributed by atoms with Gasteiger partial charge in [0.2, 0.25) is 15.9 Å². The molecule has 4 atom stereocenters. The van der Waals surface area contributed by atoms with E-state index < -0.39 is 10.0 Å². The number of amides is 1. The second-order valence-electron chi connectivity index (χ2n) is 7.59. The highest BCUT2D eigenvalue weighted by Gasteiger charge is 2.48. The monoisotopic (exact) mass is 392 g/mol. The predicted octanol–water partition coefficient (Wildman–Crippen LogP) is 3.00. The molecule has 1 aromatic carbocycles. The summed E-state index contributed by atoms with van der Waals surface area (Å²) in [5.74, 6) is 0.981. The largest absolute Gasteiger partial charge is 0.289 e. The molecule has 3 rings (SSSR count). The third-order valence-corrected chi connectivity index (χ3v) is 7.38. The average molecular weight is 393 g/mol. The summed E-state index contributed by atoms with van der Waals surface area (Å²) in [5.41, 5.74) is 1.63. The summed E-state index contributed by atoms with van der Waals surface area (Å²) in [6.07, 6.45) is 10.2. The maximum atomic E-state index is 12.7. The van der Waals surface area contributed by atoms with Crippen LogP contribution in [-0.2, 0) is 14.8 Å². The van der Waals surface area contributed by atoms with Crippen molar-refractivity contribution in [3.63, 3.8) is 0 Å². The van der Waals surface area contributed by atoms with Crippen LogP contribution >= 0.6 is 0 Å². The van der Waals surface area contributed by atoms with Gasteiger partial charge in [0.15, 0.2) is 0 Å². The minimum absolute atomic E-state index is 0.00114. The first kappa shape index (κ1) is 20.0. The van der Waals surface area contributed by atoms with Crippen molar-refractivity contribution in [2.24, 2.45) is 17.8 Å². The molecular weight excluding hydrogens is 364 g/mol. The standard InChI is InChI=1S/C20H28N2O4S/c23-19(21-24)11-7-2-1-6-10-18-15-12-13-16(14-15)20(18)22-27(25,26)17-8-4-3-5-9-17/h1,3-6,8-9,15-16,18,20,22,24H,2,7,10-14H2,(H,21,23)/b6-1-/t15-,16+,18+,20-/m1/s1. The molecule has 2 fully saturated rings. The van der Waals surface area contributed by atoms with E-state index in [0.717, 1.165) is 25.7 Å². The lowest BCUT2D eigenvalue weighted by Gasteiger charge is -2.31. The van der Waals surface area contributed by atoms with Gasteiger partial charge in [-0.2, -0.15) is 0 Å². The Kier molecular flexibility index (Phi) is 6.68. The molecule has 0 aromatic heterocycles. The average Bonchev–Trinajstić information content (AvgIpc) is 3.27. The molecule has 0 unspecified atom stereocenters. The third kappa shape index (κ3) is 4.97. The van der Waals surface area contributed by atoms with E-state index in [0.29, 0.717) is 35.5 Å². The molecule has 2 saturated carbocycles. The topological polar surface area (TPSA) is 95.5 Å². The van der Waals surface area contributed by atoms with Crippen molar-refractivity contribution < 1.29 is 18.4 Å². The Bertz CT molecular complexity index is 763. The number of allylic oxidation sites excluding steroid dienone is 2. The van der Waals surface area contributed by atoms with Crippen molar-refractivity contribution in [1.82, 2.24) is 10.2 Å². The number of rotatable bonds is 9. The SMILES string of the molecule is O=C(CCC/C=C\C[C@H]1[C@@H]2CC[C@@H](C2)[C@H]1NS(=O)(=O)c1ccccc1)NO. The number of unbranched alkanes of at least 4 members (excludes halogenated alkanes) is 1. The first-order valence-electron chi connectivity index (χ1n) is 9.66. The molecule has 1 amide bonds. The fraction of sp³-hybridized carbons (Fsp3) is 0.550. The number of hydroxylamine groups is 1. The molecule has 0 aliphatic heterocycles. The highest BCUT2D eigenvalue weighted by Crippen LogP contribution is 2.50. The van der Waals surface area contributed by atoms with Gasteiger partial charge in [0, 0.05) is 12.5 Å². The second kappa shape index (κ2) is 8.99. The number of sulfonamides is 1.